The number of hydrogen-bond donors (Lipinski definition) is 1. The normalized spacial score (nSPS) is 10.8. The number of nitrogens with one attached hydrogen (secondary N) is 1. The third-order valence-electron chi connectivity index (χ3n) is 3.11. The maximum Gasteiger partial charge on any atom is 0.332 e. The first-order chi connectivity index (χ1) is 9.31. The molecule has 1 N–H and O–H groups in total. The van der Waals surface area contributed by atoms with Crippen LogP contribution in [-0.4, -0.2) is 31.6 Å². The van der Waals surface area contributed by atoms with Crippen molar-refractivity contribution in [2.45, 2.75) is 0 Å². The van der Waals surface area contributed by atoms with Crippen LogP contribution in [0.2, 0.25) is 0 Å². The molecular formula is C11H13N5O4. The Morgan fingerprint density at radius 2 is 1.60 bits per heavy atom. The molecule has 0 fully saturated rings. The average molecular weight is 279 g/mol. The van der Waals surface area contributed by atoms with Crippen LogP contribution in [0.25, 0.3) is 11.2 Å². The van der Waals surface area contributed by atoms with Gasteiger partial charge in [-0.1, -0.05) is 0 Å². The molecule has 0 unspecified atom stereocenters. The monoisotopic (exact) mass is 279 g/mol. The van der Waals surface area contributed by atoms with Crippen LogP contribution in [0.1, 0.15) is 10.5 Å². The first-order valence-corrected chi connectivity index (χ1v) is 5.70. The van der Waals surface area contributed by atoms with Crippen molar-refractivity contribution in [3.63, 3.8) is 0 Å². The van der Waals surface area contributed by atoms with Gasteiger partial charge in [-0.05, 0) is 0 Å². The van der Waals surface area contributed by atoms with Gasteiger partial charge in [0.1, 0.15) is 0 Å². The lowest BCUT2D eigenvalue weighted by molar-refractivity contribution is 0.0956. The lowest BCUT2D eigenvalue weighted by Gasteiger charge is -2.10. The minimum absolute atomic E-state index is 0.0150. The summed E-state index contributed by atoms with van der Waals surface area (Å²) < 4.78 is 3.01. The molecule has 20 heavy (non-hydrogen) atoms. The van der Waals surface area contributed by atoms with E-state index in [1.54, 1.807) is 0 Å². The van der Waals surface area contributed by atoms with Gasteiger partial charge in [0.25, 0.3) is 17.0 Å². The van der Waals surface area contributed by atoms with E-state index >= 15 is 0 Å². The van der Waals surface area contributed by atoms with Gasteiger partial charge in [-0.25, -0.2) is 9.78 Å². The number of carbonyl (C=O) groups excluding carboxylic acids is 1. The van der Waals surface area contributed by atoms with Gasteiger partial charge < -0.3 is 9.88 Å². The highest BCUT2D eigenvalue weighted by atomic mass is 16.2. The van der Waals surface area contributed by atoms with E-state index in [0.717, 1.165) is 13.7 Å². The Bertz CT molecular complexity index is 902. The van der Waals surface area contributed by atoms with Gasteiger partial charge in [-0.2, -0.15) is 0 Å². The molecule has 106 valence electrons. The summed E-state index contributed by atoms with van der Waals surface area (Å²) in [7, 11) is 5.43. The van der Waals surface area contributed by atoms with Crippen molar-refractivity contribution < 1.29 is 4.79 Å². The topological polar surface area (TPSA) is 108 Å². The summed E-state index contributed by atoms with van der Waals surface area (Å²) in [5.41, 5.74) is -2.35. The Labute approximate surface area is 112 Å². The average Bonchev–Trinajstić information content (AvgIpc) is 2.44. The second kappa shape index (κ2) is 4.44. The van der Waals surface area contributed by atoms with E-state index in [2.05, 4.69) is 10.3 Å². The fourth-order valence-corrected chi connectivity index (χ4v) is 1.92. The van der Waals surface area contributed by atoms with Crippen LogP contribution in [0.4, 0.5) is 0 Å². The summed E-state index contributed by atoms with van der Waals surface area (Å²) in [5, 5.41) is 2.29. The molecule has 2 rings (SSSR count). The molecule has 2 heterocycles. The van der Waals surface area contributed by atoms with E-state index < -0.39 is 22.7 Å². The largest absolute Gasteiger partial charge is 0.354 e. The first-order valence-electron chi connectivity index (χ1n) is 5.70. The maximum absolute atomic E-state index is 12.1. The minimum Gasteiger partial charge on any atom is -0.354 e. The lowest BCUT2D eigenvalue weighted by atomic mass is 10.3. The van der Waals surface area contributed by atoms with Gasteiger partial charge in [-0.3, -0.25) is 23.5 Å². The molecule has 1 amide bonds. The number of aryl methyl sites for hydroxylation is 2. The quantitative estimate of drug-likeness (QED) is 0.631. The molecule has 2 aromatic rings. The van der Waals surface area contributed by atoms with E-state index in [-0.39, 0.29) is 16.9 Å². The molecule has 2 aromatic heterocycles. The molecule has 0 radical (unpaired) electrons. The third kappa shape index (κ3) is 1.67. The standard InChI is InChI=1S/C11H13N5O4/c1-12-8(17)5-9(18)14(2)6-7(13-5)15(3)11(20)16(4)10(6)19/h1-4H3,(H,12,17). The van der Waals surface area contributed by atoms with Crippen molar-refractivity contribution >= 4 is 17.1 Å². The van der Waals surface area contributed by atoms with Gasteiger partial charge in [0, 0.05) is 28.2 Å². The molecule has 0 atom stereocenters. The highest BCUT2D eigenvalue weighted by Crippen LogP contribution is 2.01. The van der Waals surface area contributed by atoms with Gasteiger partial charge in [-0.15, -0.1) is 0 Å². The SMILES string of the molecule is CNC(=O)c1nc2c(c(=O)n(C)c(=O)n2C)n(C)c1=O. The van der Waals surface area contributed by atoms with Crippen molar-refractivity contribution in [3.8, 4) is 0 Å². The van der Waals surface area contributed by atoms with Crippen molar-refractivity contribution in [1.29, 1.82) is 0 Å². The second-order valence-electron chi connectivity index (χ2n) is 4.28. The summed E-state index contributed by atoms with van der Waals surface area (Å²) in [4.78, 5) is 51.5. The fourth-order valence-electron chi connectivity index (χ4n) is 1.92. The predicted octanol–water partition coefficient (Wildman–Crippen LogP) is -2.31. The van der Waals surface area contributed by atoms with Crippen molar-refractivity contribution in [1.82, 2.24) is 24.0 Å². The van der Waals surface area contributed by atoms with Crippen molar-refractivity contribution in [3.05, 3.63) is 36.9 Å². The van der Waals surface area contributed by atoms with Crippen LogP contribution < -0.4 is 22.1 Å². The summed E-state index contributed by atoms with van der Waals surface area (Å²) in [6.07, 6.45) is 0. The van der Waals surface area contributed by atoms with E-state index in [4.69, 9.17) is 0 Å². The van der Waals surface area contributed by atoms with E-state index in [1.165, 1.54) is 28.2 Å². The number of carbonyl (C=O) groups is 1. The zero-order valence-corrected chi connectivity index (χ0v) is 11.4. The van der Waals surface area contributed by atoms with Crippen LogP contribution in [0.3, 0.4) is 0 Å². The Morgan fingerprint density at radius 3 is 2.15 bits per heavy atom. The molecule has 0 aliphatic heterocycles. The Hall–Kier alpha value is -2.71. The van der Waals surface area contributed by atoms with Gasteiger partial charge in [0.15, 0.2) is 16.9 Å². The predicted molar refractivity (Wildman–Crippen MR) is 70.9 cm³/mol. The molecule has 0 aromatic carbocycles. The Morgan fingerprint density at radius 1 is 1.00 bits per heavy atom. The number of rotatable bonds is 1. The Kier molecular flexibility index (Phi) is 3.04. The minimum atomic E-state index is -0.701. The van der Waals surface area contributed by atoms with Crippen molar-refractivity contribution in [2.24, 2.45) is 21.1 Å². The number of nitrogens with zero attached hydrogens (tertiary/aromatic N) is 4. The van der Waals surface area contributed by atoms with Crippen LogP contribution in [0.5, 0.6) is 0 Å². The maximum atomic E-state index is 12.1. The lowest BCUT2D eigenvalue weighted by Crippen LogP contribution is -2.42. The van der Waals surface area contributed by atoms with Crippen LogP contribution in [0, 0.1) is 0 Å². The zero-order chi connectivity index (χ0) is 15.2. The molecule has 9 heteroatoms. The van der Waals surface area contributed by atoms with Crippen LogP contribution in [-0.2, 0) is 21.1 Å². The first kappa shape index (κ1) is 13.7. The smallest absolute Gasteiger partial charge is 0.332 e. The molecule has 0 aliphatic rings. The second-order valence-corrected chi connectivity index (χ2v) is 4.28. The molecule has 0 saturated heterocycles. The van der Waals surface area contributed by atoms with E-state index in [1.807, 2.05) is 0 Å². The summed E-state index contributed by atoms with van der Waals surface area (Å²) in [6.45, 7) is 0. The van der Waals surface area contributed by atoms with E-state index in [9.17, 15) is 19.2 Å². The highest BCUT2D eigenvalue weighted by Gasteiger charge is 2.19. The fraction of sp³-hybridized carbons (Fsp3) is 0.364. The number of aromatic nitrogens is 4. The third-order valence-corrected chi connectivity index (χ3v) is 3.11. The molecule has 0 spiro atoms. The van der Waals surface area contributed by atoms with Crippen molar-refractivity contribution in [2.75, 3.05) is 7.05 Å². The summed E-state index contributed by atoms with van der Waals surface area (Å²) in [6, 6.07) is 0. The van der Waals surface area contributed by atoms with Gasteiger partial charge in [0.2, 0.25) is 0 Å². The van der Waals surface area contributed by atoms with E-state index in [0.29, 0.717) is 0 Å². The molecular weight excluding hydrogens is 266 g/mol. The molecule has 0 bridgehead atoms. The Balaban J connectivity index is 3.15. The highest BCUT2D eigenvalue weighted by molar-refractivity contribution is 5.93. The molecule has 0 aliphatic carbocycles. The number of hydrogen-bond acceptors (Lipinski definition) is 5. The number of amides is 1. The van der Waals surface area contributed by atoms with Crippen LogP contribution in [0.15, 0.2) is 14.4 Å². The van der Waals surface area contributed by atoms with Gasteiger partial charge >= 0.3 is 5.69 Å². The summed E-state index contributed by atoms with van der Waals surface area (Å²) >= 11 is 0. The van der Waals surface area contributed by atoms with Crippen LogP contribution >= 0.6 is 0 Å². The summed E-state index contributed by atoms with van der Waals surface area (Å²) in [5.74, 6) is -0.680. The molecule has 0 saturated carbocycles. The zero-order valence-electron chi connectivity index (χ0n) is 11.4. The molecule has 9 nitrogen and oxygen atoms in total. The number of fused-ring (bicyclic) bond motifs is 1. The van der Waals surface area contributed by atoms with Gasteiger partial charge in [0.05, 0.1) is 0 Å².